The van der Waals surface area contributed by atoms with Crippen LogP contribution in [0.5, 0.6) is 5.75 Å². The Kier molecular flexibility index (Phi) is 3.76. The first-order chi connectivity index (χ1) is 9.56. The average molecular weight is 274 g/mol. The van der Waals surface area contributed by atoms with Gasteiger partial charge >= 0.3 is 0 Å². The zero-order valence-electron chi connectivity index (χ0n) is 12.6. The molecule has 0 saturated heterocycles. The van der Waals surface area contributed by atoms with E-state index in [1.165, 1.54) is 32.1 Å². The molecule has 2 heteroatoms. The molecule has 0 bridgehead atoms. The highest BCUT2D eigenvalue weighted by Gasteiger charge is 2.37. The highest BCUT2D eigenvalue weighted by molar-refractivity contribution is 5.29. The predicted octanol–water partition coefficient (Wildman–Crippen LogP) is 4.48. The lowest BCUT2D eigenvalue weighted by atomic mass is 9.65. The van der Waals surface area contributed by atoms with Crippen molar-refractivity contribution in [1.82, 2.24) is 0 Å². The molecule has 0 spiro atoms. The van der Waals surface area contributed by atoms with Gasteiger partial charge in [-0.15, -0.1) is 0 Å². The fourth-order valence-corrected chi connectivity index (χ4v) is 3.46. The molecule has 20 heavy (non-hydrogen) atoms. The van der Waals surface area contributed by atoms with E-state index in [0.29, 0.717) is 12.0 Å². The maximum Gasteiger partial charge on any atom is 0.119 e. The molecule has 2 unspecified atom stereocenters. The molecule has 0 radical (unpaired) electrons. The molecule has 2 saturated carbocycles. The van der Waals surface area contributed by atoms with E-state index >= 15 is 0 Å². The summed E-state index contributed by atoms with van der Waals surface area (Å²) in [5, 5.41) is 10.7. The lowest BCUT2D eigenvalue weighted by molar-refractivity contribution is 0.00383. The second-order valence-corrected chi connectivity index (χ2v) is 7.17. The van der Waals surface area contributed by atoms with Gasteiger partial charge in [-0.25, -0.2) is 0 Å². The maximum absolute atomic E-state index is 10.7. The molecule has 2 atom stereocenters. The van der Waals surface area contributed by atoms with Crippen molar-refractivity contribution < 1.29 is 9.84 Å². The highest BCUT2D eigenvalue weighted by atomic mass is 16.5. The van der Waals surface area contributed by atoms with E-state index in [9.17, 15) is 5.11 Å². The van der Waals surface area contributed by atoms with Gasteiger partial charge < -0.3 is 9.84 Å². The number of hydrogen-bond donors (Lipinski definition) is 1. The van der Waals surface area contributed by atoms with Crippen molar-refractivity contribution in [2.24, 2.45) is 11.3 Å². The lowest BCUT2D eigenvalue weighted by Gasteiger charge is -2.41. The number of aliphatic hydroxyl groups is 1. The first-order valence-corrected chi connectivity index (χ1v) is 8.01. The molecule has 0 aliphatic heterocycles. The lowest BCUT2D eigenvalue weighted by Crippen LogP contribution is -2.32. The zero-order valence-corrected chi connectivity index (χ0v) is 12.6. The van der Waals surface area contributed by atoms with Gasteiger partial charge in [-0.3, -0.25) is 0 Å². The Morgan fingerprint density at radius 2 is 1.80 bits per heavy atom. The fraction of sp³-hybridized carbons (Fsp3) is 0.667. The number of aliphatic hydroxyl groups excluding tert-OH is 1. The van der Waals surface area contributed by atoms with Gasteiger partial charge in [0.2, 0.25) is 0 Å². The van der Waals surface area contributed by atoms with Crippen molar-refractivity contribution in [3.05, 3.63) is 29.8 Å². The molecule has 0 heterocycles. The van der Waals surface area contributed by atoms with E-state index in [4.69, 9.17) is 4.74 Å². The Labute approximate surface area is 122 Å². The fourth-order valence-electron chi connectivity index (χ4n) is 3.46. The van der Waals surface area contributed by atoms with Crippen LogP contribution in [0.2, 0.25) is 0 Å². The molecule has 2 nitrogen and oxygen atoms in total. The standard InChI is InChI=1S/C18H26O2/c1-18(2)12-4-3-5-16(18)17(19)13-6-8-14(9-7-13)20-15-10-11-15/h6-9,15-17,19H,3-5,10-12H2,1-2H3. The van der Waals surface area contributed by atoms with Gasteiger partial charge in [-0.1, -0.05) is 38.8 Å². The molecule has 0 amide bonds. The molecule has 110 valence electrons. The van der Waals surface area contributed by atoms with E-state index in [1.54, 1.807) is 0 Å². The molecular formula is C18H26O2. The third-order valence-corrected chi connectivity index (χ3v) is 5.02. The Morgan fingerprint density at radius 1 is 1.10 bits per heavy atom. The van der Waals surface area contributed by atoms with Crippen molar-refractivity contribution in [1.29, 1.82) is 0 Å². The number of rotatable bonds is 4. The Morgan fingerprint density at radius 3 is 2.40 bits per heavy atom. The van der Waals surface area contributed by atoms with Gasteiger partial charge in [0.25, 0.3) is 0 Å². The first kappa shape index (κ1) is 13.9. The molecule has 1 aromatic rings. The predicted molar refractivity (Wildman–Crippen MR) is 80.8 cm³/mol. The van der Waals surface area contributed by atoms with Gasteiger partial charge in [0.15, 0.2) is 0 Å². The summed E-state index contributed by atoms with van der Waals surface area (Å²) in [6, 6.07) is 8.08. The summed E-state index contributed by atoms with van der Waals surface area (Å²) < 4.78 is 5.76. The van der Waals surface area contributed by atoms with E-state index < -0.39 is 0 Å². The Hall–Kier alpha value is -1.02. The third kappa shape index (κ3) is 3.01. The van der Waals surface area contributed by atoms with Gasteiger partial charge in [0, 0.05) is 0 Å². The van der Waals surface area contributed by atoms with Crippen LogP contribution in [-0.4, -0.2) is 11.2 Å². The van der Waals surface area contributed by atoms with E-state index in [0.717, 1.165) is 17.7 Å². The molecule has 1 aromatic carbocycles. The molecular weight excluding hydrogens is 248 g/mol. The van der Waals surface area contributed by atoms with Crippen LogP contribution in [0.4, 0.5) is 0 Å². The van der Waals surface area contributed by atoms with Crippen molar-refractivity contribution >= 4 is 0 Å². The monoisotopic (exact) mass is 274 g/mol. The maximum atomic E-state index is 10.7. The number of benzene rings is 1. The third-order valence-electron chi connectivity index (χ3n) is 5.02. The normalized spacial score (nSPS) is 27.1. The summed E-state index contributed by atoms with van der Waals surface area (Å²) >= 11 is 0. The van der Waals surface area contributed by atoms with Crippen molar-refractivity contribution in [3.63, 3.8) is 0 Å². The molecule has 3 rings (SSSR count). The van der Waals surface area contributed by atoms with E-state index in [1.807, 2.05) is 24.3 Å². The summed E-state index contributed by atoms with van der Waals surface area (Å²) in [6.45, 7) is 4.59. The first-order valence-electron chi connectivity index (χ1n) is 8.01. The molecule has 2 fully saturated rings. The highest BCUT2D eigenvalue weighted by Crippen LogP contribution is 2.46. The largest absolute Gasteiger partial charge is 0.490 e. The second-order valence-electron chi connectivity index (χ2n) is 7.17. The van der Waals surface area contributed by atoms with Crippen LogP contribution in [0.25, 0.3) is 0 Å². The minimum atomic E-state index is -0.347. The Balaban J connectivity index is 1.70. The van der Waals surface area contributed by atoms with Crippen molar-refractivity contribution in [2.45, 2.75) is 64.6 Å². The smallest absolute Gasteiger partial charge is 0.119 e. The SMILES string of the molecule is CC1(C)CCCCC1C(O)c1ccc(OC2CC2)cc1. The van der Waals surface area contributed by atoms with Gasteiger partial charge in [0.1, 0.15) is 5.75 Å². The summed E-state index contributed by atoms with van der Waals surface area (Å²) in [6.07, 6.45) is 7.34. The van der Waals surface area contributed by atoms with Crippen LogP contribution in [-0.2, 0) is 0 Å². The molecule has 2 aliphatic carbocycles. The summed E-state index contributed by atoms with van der Waals surface area (Å²) in [7, 11) is 0. The zero-order chi connectivity index (χ0) is 14.2. The summed E-state index contributed by atoms with van der Waals surface area (Å²) in [5.74, 6) is 1.30. The van der Waals surface area contributed by atoms with Crippen LogP contribution in [0.3, 0.4) is 0 Å². The number of hydrogen-bond acceptors (Lipinski definition) is 2. The minimum Gasteiger partial charge on any atom is -0.490 e. The average Bonchev–Trinajstić information content (AvgIpc) is 3.22. The topological polar surface area (TPSA) is 29.5 Å². The summed E-state index contributed by atoms with van der Waals surface area (Å²) in [5.41, 5.74) is 1.27. The van der Waals surface area contributed by atoms with Gasteiger partial charge in [0.05, 0.1) is 12.2 Å². The molecule has 0 aromatic heterocycles. The number of ether oxygens (including phenoxy) is 1. The minimum absolute atomic E-state index is 0.237. The quantitative estimate of drug-likeness (QED) is 0.877. The van der Waals surface area contributed by atoms with Crippen molar-refractivity contribution in [3.8, 4) is 5.75 Å². The van der Waals surface area contributed by atoms with Crippen LogP contribution in [0.15, 0.2) is 24.3 Å². The van der Waals surface area contributed by atoms with Crippen LogP contribution in [0, 0.1) is 11.3 Å². The Bertz CT molecular complexity index is 445. The van der Waals surface area contributed by atoms with Gasteiger partial charge in [-0.05, 0) is 54.7 Å². The van der Waals surface area contributed by atoms with Crippen LogP contribution in [0.1, 0.15) is 64.0 Å². The van der Waals surface area contributed by atoms with Crippen molar-refractivity contribution in [2.75, 3.05) is 0 Å². The van der Waals surface area contributed by atoms with Gasteiger partial charge in [-0.2, -0.15) is 0 Å². The molecule has 1 N–H and O–H groups in total. The second kappa shape index (κ2) is 5.40. The van der Waals surface area contributed by atoms with E-state index in [2.05, 4.69) is 13.8 Å². The summed E-state index contributed by atoms with van der Waals surface area (Å²) in [4.78, 5) is 0. The molecule has 2 aliphatic rings. The van der Waals surface area contributed by atoms with Crippen LogP contribution >= 0.6 is 0 Å². The van der Waals surface area contributed by atoms with E-state index in [-0.39, 0.29) is 11.5 Å². The van der Waals surface area contributed by atoms with Crippen LogP contribution < -0.4 is 4.74 Å².